The molecule has 5 nitrogen and oxygen atoms in total. The Morgan fingerprint density at radius 1 is 1.35 bits per heavy atom. The molecule has 1 aliphatic heterocycles. The van der Waals surface area contributed by atoms with Gasteiger partial charge in [0.05, 0.1) is 13.7 Å². The van der Waals surface area contributed by atoms with Crippen molar-refractivity contribution < 1.29 is 14.3 Å². The van der Waals surface area contributed by atoms with Gasteiger partial charge in [-0.3, -0.25) is 9.59 Å². The van der Waals surface area contributed by atoms with Crippen molar-refractivity contribution in [3.8, 4) is 5.75 Å². The Balaban J connectivity index is 2.37. The maximum atomic E-state index is 12.0. The minimum absolute atomic E-state index is 0.102. The molecule has 0 saturated carbocycles. The quantitative estimate of drug-likeness (QED) is 0.802. The number of amides is 2. The van der Waals surface area contributed by atoms with Crippen LogP contribution in [0.25, 0.3) is 0 Å². The highest BCUT2D eigenvalue weighted by Gasteiger charge is 2.33. The van der Waals surface area contributed by atoms with E-state index in [0.29, 0.717) is 11.3 Å². The smallest absolute Gasteiger partial charge is 0.250 e. The molecule has 0 spiro atoms. The van der Waals surface area contributed by atoms with Crippen molar-refractivity contribution in [1.29, 1.82) is 0 Å². The fourth-order valence-corrected chi connectivity index (χ4v) is 1.90. The molecule has 1 heterocycles. The maximum absolute atomic E-state index is 12.0. The zero-order chi connectivity index (χ0) is 12.4. The van der Waals surface area contributed by atoms with Gasteiger partial charge in [-0.2, -0.15) is 0 Å². The molecule has 17 heavy (non-hydrogen) atoms. The van der Waals surface area contributed by atoms with Gasteiger partial charge in [-0.15, -0.1) is 0 Å². The fraction of sp³-hybridized carbons (Fsp3) is 0.333. The van der Waals surface area contributed by atoms with E-state index in [1.807, 2.05) is 12.1 Å². The molecule has 5 heteroatoms. The van der Waals surface area contributed by atoms with E-state index in [0.717, 1.165) is 0 Å². The number of rotatable bonds is 2. The van der Waals surface area contributed by atoms with Gasteiger partial charge in [-0.05, 0) is 6.07 Å². The molecule has 1 N–H and O–H groups in total. The standard InChI is InChI=1S/C12H14N2O3/c1-14-7-10(15)13-11(12(14)16)8-5-3-4-6-9(8)17-2/h3-6,11H,7H2,1-2H3,(H,13,15). The number of carbonyl (C=O) groups excluding carboxylic acids is 2. The Bertz CT molecular complexity index is 459. The van der Waals surface area contributed by atoms with Crippen molar-refractivity contribution in [2.45, 2.75) is 6.04 Å². The van der Waals surface area contributed by atoms with E-state index >= 15 is 0 Å². The molecule has 0 bridgehead atoms. The predicted molar refractivity (Wildman–Crippen MR) is 61.5 cm³/mol. The predicted octanol–water partition coefficient (Wildman–Crippen LogP) is 0.324. The van der Waals surface area contributed by atoms with Gasteiger partial charge in [-0.1, -0.05) is 18.2 Å². The van der Waals surface area contributed by atoms with Gasteiger partial charge < -0.3 is 15.0 Å². The van der Waals surface area contributed by atoms with Crippen LogP contribution in [-0.2, 0) is 9.59 Å². The molecule has 0 aromatic heterocycles. The average molecular weight is 234 g/mol. The second-order valence-corrected chi connectivity index (χ2v) is 3.94. The molecule has 90 valence electrons. The average Bonchev–Trinajstić information content (AvgIpc) is 2.33. The van der Waals surface area contributed by atoms with Gasteiger partial charge in [0, 0.05) is 12.6 Å². The molecule has 1 saturated heterocycles. The van der Waals surface area contributed by atoms with Crippen LogP contribution in [-0.4, -0.2) is 37.4 Å². The van der Waals surface area contributed by atoms with Crippen LogP contribution in [0.2, 0.25) is 0 Å². The number of ether oxygens (including phenoxy) is 1. The van der Waals surface area contributed by atoms with Crippen LogP contribution in [0.15, 0.2) is 24.3 Å². The molecular formula is C12H14N2O3. The number of piperazine rings is 1. The summed E-state index contributed by atoms with van der Waals surface area (Å²) in [6, 6.07) is 6.52. The lowest BCUT2D eigenvalue weighted by Gasteiger charge is -2.30. The first-order chi connectivity index (χ1) is 8.13. The summed E-state index contributed by atoms with van der Waals surface area (Å²) in [5.74, 6) is 0.304. The second kappa shape index (κ2) is 4.45. The summed E-state index contributed by atoms with van der Waals surface area (Å²) in [4.78, 5) is 24.9. The van der Waals surface area contributed by atoms with E-state index < -0.39 is 6.04 Å². The molecule has 1 atom stereocenters. The third-order valence-electron chi connectivity index (χ3n) is 2.76. The van der Waals surface area contributed by atoms with E-state index in [9.17, 15) is 9.59 Å². The van der Waals surface area contributed by atoms with Crippen LogP contribution < -0.4 is 10.1 Å². The van der Waals surface area contributed by atoms with Gasteiger partial charge in [0.1, 0.15) is 11.8 Å². The first kappa shape index (κ1) is 11.4. The minimum Gasteiger partial charge on any atom is -0.496 e. The van der Waals surface area contributed by atoms with Crippen LogP contribution in [0.4, 0.5) is 0 Å². The number of nitrogens with one attached hydrogen (secondary N) is 1. The largest absolute Gasteiger partial charge is 0.496 e. The SMILES string of the molecule is COc1ccccc1C1NC(=O)CN(C)C1=O. The summed E-state index contributed by atoms with van der Waals surface area (Å²) in [5.41, 5.74) is 0.680. The van der Waals surface area contributed by atoms with Gasteiger partial charge in [-0.25, -0.2) is 0 Å². The van der Waals surface area contributed by atoms with E-state index in [1.54, 1.807) is 19.2 Å². The minimum atomic E-state index is -0.655. The third-order valence-corrected chi connectivity index (χ3v) is 2.76. The first-order valence-electron chi connectivity index (χ1n) is 5.30. The van der Waals surface area contributed by atoms with Crippen molar-refractivity contribution in [3.05, 3.63) is 29.8 Å². The summed E-state index contributed by atoms with van der Waals surface area (Å²) >= 11 is 0. The van der Waals surface area contributed by atoms with Gasteiger partial charge in [0.15, 0.2) is 0 Å². The Hall–Kier alpha value is -2.04. The number of hydrogen-bond donors (Lipinski definition) is 1. The van der Waals surface area contributed by atoms with Crippen LogP contribution >= 0.6 is 0 Å². The first-order valence-corrected chi connectivity index (χ1v) is 5.30. The number of para-hydroxylation sites is 1. The number of benzene rings is 1. The van der Waals surface area contributed by atoms with E-state index in [1.165, 1.54) is 12.0 Å². The molecule has 0 radical (unpaired) electrons. The van der Waals surface area contributed by atoms with Crippen molar-refractivity contribution in [3.63, 3.8) is 0 Å². The number of methoxy groups -OCH3 is 1. The highest BCUT2D eigenvalue weighted by Crippen LogP contribution is 2.27. The third kappa shape index (κ3) is 2.08. The van der Waals surface area contributed by atoms with Gasteiger partial charge >= 0.3 is 0 Å². The number of nitrogens with zero attached hydrogens (tertiary/aromatic N) is 1. The summed E-state index contributed by atoms with van der Waals surface area (Å²) < 4.78 is 5.20. The monoisotopic (exact) mass is 234 g/mol. The van der Waals surface area contributed by atoms with Crippen molar-refractivity contribution >= 4 is 11.8 Å². The van der Waals surface area contributed by atoms with E-state index in [4.69, 9.17) is 4.74 Å². The molecule has 1 aromatic carbocycles. The molecule has 0 aliphatic carbocycles. The zero-order valence-electron chi connectivity index (χ0n) is 9.77. The summed E-state index contributed by atoms with van der Waals surface area (Å²) in [6.07, 6.45) is 0. The molecule has 2 amide bonds. The topological polar surface area (TPSA) is 58.6 Å². The Labute approximate surface area is 99.4 Å². The lowest BCUT2D eigenvalue weighted by Crippen LogP contribution is -2.51. The summed E-state index contributed by atoms with van der Waals surface area (Å²) in [6.45, 7) is 0.102. The molecule has 1 unspecified atom stereocenters. The van der Waals surface area contributed by atoms with Crippen LogP contribution in [0.5, 0.6) is 5.75 Å². The van der Waals surface area contributed by atoms with Crippen molar-refractivity contribution in [2.24, 2.45) is 0 Å². The molecule has 2 rings (SSSR count). The molecule has 1 fully saturated rings. The van der Waals surface area contributed by atoms with E-state index in [2.05, 4.69) is 5.32 Å². The normalized spacial score (nSPS) is 20.1. The molecular weight excluding hydrogens is 220 g/mol. The van der Waals surface area contributed by atoms with E-state index in [-0.39, 0.29) is 18.4 Å². The fourth-order valence-electron chi connectivity index (χ4n) is 1.90. The Morgan fingerprint density at radius 3 is 2.76 bits per heavy atom. The van der Waals surface area contributed by atoms with Gasteiger partial charge in [0.25, 0.3) is 0 Å². The van der Waals surface area contributed by atoms with Crippen molar-refractivity contribution in [2.75, 3.05) is 20.7 Å². The molecule has 1 aliphatic rings. The van der Waals surface area contributed by atoms with Crippen molar-refractivity contribution in [1.82, 2.24) is 10.2 Å². The Kier molecular flexibility index (Phi) is 2.99. The lowest BCUT2D eigenvalue weighted by molar-refractivity contribution is -0.143. The number of likely N-dealkylation sites (N-methyl/N-ethyl adjacent to an activating group) is 1. The highest BCUT2D eigenvalue weighted by atomic mass is 16.5. The maximum Gasteiger partial charge on any atom is 0.250 e. The summed E-state index contributed by atoms with van der Waals surface area (Å²) in [7, 11) is 3.15. The highest BCUT2D eigenvalue weighted by molar-refractivity contribution is 5.95. The van der Waals surface area contributed by atoms with Crippen LogP contribution in [0.1, 0.15) is 11.6 Å². The lowest BCUT2D eigenvalue weighted by atomic mass is 10.0. The zero-order valence-corrected chi connectivity index (χ0v) is 9.77. The Morgan fingerprint density at radius 2 is 2.06 bits per heavy atom. The molecule has 1 aromatic rings. The number of carbonyl (C=O) groups is 2. The van der Waals surface area contributed by atoms with Gasteiger partial charge in [0.2, 0.25) is 11.8 Å². The number of hydrogen-bond acceptors (Lipinski definition) is 3. The second-order valence-electron chi connectivity index (χ2n) is 3.94. The van der Waals surface area contributed by atoms with Crippen LogP contribution in [0.3, 0.4) is 0 Å². The van der Waals surface area contributed by atoms with Crippen LogP contribution in [0, 0.1) is 0 Å². The summed E-state index contributed by atoms with van der Waals surface area (Å²) in [5, 5.41) is 2.68.